The van der Waals surface area contributed by atoms with E-state index in [1.54, 1.807) is 6.20 Å². The van der Waals surface area contributed by atoms with Crippen LogP contribution >= 0.6 is 0 Å². The van der Waals surface area contributed by atoms with Crippen LogP contribution in [0.1, 0.15) is 13.3 Å². The van der Waals surface area contributed by atoms with Crippen molar-refractivity contribution in [2.45, 2.75) is 19.9 Å². The molecule has 0 N–H and O–H groups in total. The van der Waals surface area contributed by atoms with Crippen LogP contribution in [0.25, 0.3) is 11.2 Å². The zero-order chi connectivity index (χ0) is 11.7. The molecule has 0 aliphatic carbocycles. The van der Waals surface area contributed by atoms with Crippen LogP contribution in [-0.4, -0.2) is 44.5 Å². The molecule has 1 atom stereocenters. The first kappa shape index (κ1) is 10.7. The van der Waals surface area contributed by atoms with Crippen LogP contribution < -0.4 is 0 Å². The second-order valence-electron chi connectivity index (χ2n) is 4.67. The third kappa shape index (κ3) is 2.02. The molecule has 2 aromatic heterocycles. The predicted octanol–water partition coefficient (Wildman–Crippen LogP) is 1.17. The Labute approximate surface area is 100 Å². The van der Waals surface area contributed by atoms with E-state index in [0.29, 0.717) is 5.92 Å². The van der Waals surface area contributed by atoms with Crippen molar-refractivity contribution in [1.82, 2.24) is 24.9 Å². The molecule has 0 saturated carbocycles. The Morgan fingerprint density at radius 3 is 3.24 bits per heavy atom. The van der Waals surface area contributed by atoms with Gasteiger partial charge in [0.1, 0.15) is 5.52 Å². The number of nitrogens with zero attached hydrogens (tertiary/aromatic N) is 5. The van der Waals surface area contributed by atoms with Crippen LogP contribution in [0.15, 0.2) is 18.3 Å². The normalized spacial score (nSPS) is 21.4. The fourth-order valence-corrected chi connectivity index (χ4v) is 2.53. The number of pyridine rings is 1. The number of hydrogen-bond acceptors (Lipinski definition) is 4. The summed E-state index contributed by atoms with van der Waals surface area (Å²) in [6.07, 6.45) is 3.05. The Kier molecular flexibility index (Phi) is 2.76. The quantitative estimate of drug-likeness (QED) is 0.795. The number of likely N-dealkylation sites (tertiary alicyclic amines) is 1. The minimum atomic E-state index is 0.682. The van der Waals surface area contributed by atoms with E-state index >= 15 is 0 Å². The average Bonchev–Trinajstić information content (AvgIpc) is 2.97. The summed E-state index contributed by atoms with van der Waals surface area (Å²) < 4.78 is 1.94. The minimum Gasteiger partial charge on any atom is -0.303 e. The SMILES string of the molecule is CCN1CCC(Cn2nnc3cccnc32)C1. The van der Waals surface area contributed by atoms with Crippen LogP contribution in [0.5, 0.6) is 0 Å². The van der Waals surface area contributed by atoms with E-state index in [4.69, 9.17) is 0 Å². The molecule has 1 fully saturated rings. The smallest absolute Gasteiger partial charge is 0.178 e. The summed E-state index contributed by atoms with van der Waals surface area (Å²) in [5, 5.41) is 8.33. The standard InChI is InChI=1S/C12H17N5/c1-2-16-7-5-10(8-16)9-17-12-11(14-15-17)4-3-6-13-12/h3-4,6,10H,2,5,7-9H2,1H3. The predicted molar refractivity (Wildman–Crippen MR) is 65.5 cm³/mol. The lowest BCUT2D eigenvalue weighted by atomic mass is 10.1. The fraction of sp³-hybridized carbons (Fsp3) is 0.583. The van der Waals surface area contributed by atoms with Crippen LogP contribution in [0.2, 0.25) is 0 Å². The van der Waals surface area contributed by atoms with Gasteiger partial charge in [0.2, 0.25) is 0 Å². The van der Waals surface area contributed by atoms with Gasteiger partial charge in [-0.25, -0.2) is 9.67 Å². The summed E-state index contributed by atoms with van der Waals surface area (Å²) in [5.74, 6) is 0.682. The van der Waals surface area contributed by atoms with Crippen LogP contribution in [0, 0.1) is 5.92 Å². The van der Waals surface area contributed by atoms with Crippen molar-refractivity contribution in [2.75, 3.05) is 19.6 Å². The zero-order valence-electron chi connectivity index (χ0n) is 10.1. The largest absolute Gasteiger partial charge is 0.303 e. The van der Waals surface area contributed by atoms with Crippen LogP contribution in [0.3, 0.4) is 0 Å². The molecule has 0 amide bonds. The molecule has 0 radical (unpaired) electrons. The lowest BCUT2D eigenvalue weighted by Gasteiger charge is -2.12. The zero-order valence-corrected chi connectivity index (χ0v) is 10.1. The minimum absolute atomic E-state index is 0.682. The maximum Gasteiger partial charge on any atom is 0.178 e. The molecular formula is C12H17N5. The maximum absolute atomic E-state index is 4.35. The summed E-state index contributed by atoms with van der Waals surface area (Å²) in [7, 11) is 0. The van der Waals surface area contributed by atoms with E-state index in [0.717, 1.165) is 24.3 Å². The fourth-order valence-electron chi connectivity index (χ4n) is 2.53. The van der Waals surface area contributed by atoms with Gasteiger partial charge in [-0.05, 0) is 37.6 Å². The molecule has 0 spiro atoms. The molecule has 0 aromatic carbocycles. The van der Waals surface area contributed by atoms with Gasteiger partial charge < -0.3 is 4.90 Å². The molecule has 3 rings (SSSR count). The molecule has 1 aliphatic heterocycles. The van der Waals surface area contributed by atoms with Gasteiger partial charge in [-0.15, -0.1) is 5.10 Å². The molecule has 2 aromatic rings. The van der Waals surface area contributed by atoms with Gasteiger partial charge in [-0.3, -0.25) is 0 Å². The van der Waals surface area contributed by atoms with Crippen molar-refractivity contribution in [3.05, 3.63) is 18.3 Å². The molecule has 0 bridgehead atoms. The van der Waals surface area contributed by atoms with Crippen molar-refractivity contribution in [1.29, 1.82) is 0 Å². The van der Waals surface area contributed by atoms with E-state index < -0.39 is 0 Å². The topological polar surface area (TPSA) is 46.8 Å². The molecule has 3 heterocycles. The average molecular weight is 231 g/mol. The van der Waals surface area contributed by atoms with Crippen molar-refractivity contribution in [3.63, 3.8) is 0 Å². The first-order valence-corrected chi connectivity index (χ1v) is 6.23. The van der Waals surface area contributed by atoms with Crippen LogP contribution in [0.4, 0.5) is 0 Å². The Morgan fingerprint density at radius 1 is 1.47 bits per heavy atom. The van der Waals surface area contributed by atoms with E-state index in [9.17, 15) is 0 Å². The van der Waals surface area contributed by atoms with E-state index in [-0.39, 0.29) is 0 Å². The molecule has 1 saturated heterocycles. The number of rotatable bonds is 3. The Bertz CT molecular complexity index is 506. The Hall–Kier alpha value is -1.49. The number of aromatic nitrogens is 4. The Morgan fingerprint density at radius 2 is 2.41 bits per heavy atom. The number of hydrogen-bond donors (Lipinski definition) is 0. The highest BCUT2D eigenvalue weighted by molar-refractivity contribution is 5.68. The van der Waals surface area contributed by atoms with Gasteiger partial charge in [0.05, 0.1) is 0 Å². The van der Waals surface area contributed by atoms with Gasteiger partial charge in [-0.2, -0.15) is 0 Å². The van der Waals surface area contributed by atoms with Gasteiger partial charge >= 0.3 is 0 Å². The third-order valence-electron chi connectivity index (χ3n) is 3.52. The molecule has 5 heteroatoms. The van der Waals surface area contributed by atoms with Gasteiger partial charge in [0, 0.05) is 19.3 Å². The molecule has 1 unspecified atom stereocenters. The van der Waals surface area contributed by atoms with Crippen molar-refractivity contribution >= 4 is 11.2 Å². The van der Waals surface area contributed by atoms with Crippen molar-refractivity contribution in [3.8, 4) is 0 Å². The van der Waals surface area contributed by atoms with E-state index in [1.807, 2.05) is 16.8 Å². The summed E-state index contributed by atoms with van der Waals surface area (Å²) in [6, 6.07) is 3.86. The highest BCUT2D eigenvalue weighted by Crippen LogP contribution is 2.18. The first-order chi connectivity index (χ1) is 8.36. The van der Waals surface area contributed by atoms with Crippen molar-refractivity contribution < 1.29 is 0 Å². The van der Waals surface area contributed by atoms with Gasteiger partial charge in [-0.1, -0.05) is 12.1 Å². The summed E-state index contributed by atoms with van der Waals surface area (Å²) in [4.78, 5) is 6.83. The van der Waals surface area contributed by atoms with Crippen LogP contribution in [-0.2, 0) is 6.54 Å². The molecule has 17 heavy (non-hydrogen) atoms. The lowest BCUT2D eigenvalue weighted by Crippen LogP contribution is -2.21. The maximum atomic E-state index is 4.35. The highest BCUT2D eigenvalue weighted by Gasteiger charge is 2.22. The van der Waals surface area contributed by atoms with Crippen molar-refractivity contribution in [2.24, 2.45) is 5.92 Å². The Balaban J connectivity index is 1.77. The lowest BCUT2D eigenvalue weighted by molar-refractivity contribution is 0.329. The summed E-state index contributed by atoms with van der Waals surface area (Å²) in [6.45, 7) is 6.68. The molecule has 5 nitrogen and oxygen atoms in total. The third-order valence-corrected chi connectivity index (χ3v) is 3.52. The highest BCUT2D eigenvalue weighted by atomic mass is 15.4. The second kappa shape index (κ2) is 4.41. The first-order valence-electron chi connectivity index (χ1n) is 6.23. The summed E-state index contributed by atoms with van der Waals surface area (Å²) >= 11 is 0. The van der Waals surface area contributed by atoms with E-state index in [2.05, 4.69) is 27.1 Å². The van der Waals surface area contributed by atoms with Gasteiger partial charge in [0.25, 0.3) is 0 Å². The second-order valence-corrected chi connectivity index (χ2v) is 4.67. The van der Waals surface area contributed by atoms with Gasteiger partial charge in [0.15, 0.2) is 5.65 Å². The molecular weight excluding hydrogens is 214 g/mol. The number of fused-ring (bicyclic) bond motifs is 1. The molecule has 1 aliphatic rings. The monoisotopic (exact) mass is 231 g/mol. The molecule has 90 valence electrons. The summed E-state index contributed by atoms with van der Waals surface area (Å²) in [5.41, 5.74) is 1.79. The van der Waals surface area contributed by atoms with E-state index in [1.165, 1.54) is 19.5 Å².